The van der Waals surface area contributed by atoms with Gasteiger partial charge in [-0.05, 0) is 73.2 Å². The third-order valence-electron chi connectivity index (χ3n) is 6.69. The summed E-state index contributed by atoms with van der Waals surface area (Å²) in [4.78, 5) is 22.2. The number of piperidine rings is 1. The predicted molar refractivity (Wildman–Crippen MR) is 137 cm³/mol. The van der Waals surface area contributed by atoms with E-state index in [0.717, 1.165) is 27.8 Å². The Morgan fingerprint density at radius 3 is 2.55 bits per heavy atom. The molecule has 1 atom stereocenters. The molecule has 0 amide bonds. The number of Topliss-reactive ketones (excluding diaryl/α,β-unsaturated/α-hetero) is 1. The number of halogens is 3. The molecular weight excluding hydrogens is 537 g/mol. The van der Waals surface area contributed by atoms with Gasteiger partial charge in [-0.3, -0.25) is 4.79 Å². The van der Waals surface area contributed by atoms with Crippen molar-refractivity contribution in [1.29, 1.82) is 0 Å². The second-order valence-electron chi connectivity index (χ2n) is 8.92. The van der Waals surface area contributed by atoms with Gasteiger partial charge in [0.2, 0.25) is 15.8 Å². The van der Waals surface area contributed by atoms with Gasteiger partial charge in [0.05, 0.1) is 21.7 Å². The van der Waals surface area contributed by atoms with Crippen molar-refractivity contribution in [1.82, 2.24) is 9.29 Å². The van der Waals surface area contributed by atoms with Crippen molar-refractivity contribution in [3.05, 3.63) is 99.9 Å². The van der Waals surface area contributed by atoms with Crippen LogP contribution in [-0.4, -0.2) is 42.3 Å². The van der Waals surface area contributed by atoms with Gasteiger partial charge in [-0.1, -0.05) is 5.57 Å². The topological polar surface area (TPSA) is 106 Å². The standard InChI is InChI=1S/C26H21F3N4O3S2/c27-18-1-3-19(4-2-18)32-23-11-17-7-9-33(38(35,36)20-5-6-21(28)22(29)12-20)15-26(17,13-16(23)14-30)24(34)25-31-8-10-37-25/h1-6,8,10-12,14H,7,9,13,15,30H2/b16-14-,32-23?/t26-/m0/s1. The fourth-order valence-electron chi connectivity index (χ4n) is 4.75. The van der Waals surface area contributed by atoms with Crippen LogP contribution in [0.1, 0.15) is 22.6 Å². The van der Waals surface area contributed by atoms with Crippen molar-refractivity contribution in [2.24, 2.45) is 16.1 Å². The van der Waals surface area contributed by atoms with Gasteiger partial charge in [0, 0.05) is 24.7 Å². The van der Waals surface area contributed by atoms with Gasteiger partial charge < -0.3 is 5.73 Å². The lowest BCUT2D eigenvalue weighted by Crippen LogP contribution is -2.53. The Morgan fingerprint density at radius 1 is 1.13 bits per heavy atom. The maximum atomic E-state index is 13.9. The van der Waals surface area contributed by atoms with Gasteiger partial charge in [0.1, 0.15) is 5.82 Å². The van der Waals surface area contributed by atoms with Gasteiger partial charge in [0.15, 0.2) is 16.6 Å². The molecule has 0 bridgehead atoms. The van der Waals surface area contributed by atoms with E-state index in [2.05, 4.69) is 9.98 Å². The van der Waals surface area contributed by atoms with Crippen LogP contribution in [0.15, 0.2) is 87.4 Å². The van der Waals surface area contributed by atoms with E-state index in [0.29, 0.717) is 28.6 Å². The van der Waals surface area contributed by atoms with Crippen molar-refractivity contribution in [3.8, 4) is 0 Å². The number of carbonyl (C=O) groups excluding carboxylic acids is 1. The van der Waals surface area contributed by atoms with Crippen molar-refractivity contribution in [2.75, 3.05) is 13.1 Å². The van der Waals surface area contributed by atoms with Crippen LogP contribution >= 0.6 is 11.3 Å². The first kappa shape index (κ1) is 26.0. The molecule has 5 rings (SSSR count). The fraction of sp³-hybridized carbons (Fsp3) is 0.192. The molecule has 0 spiro atoms. The number of benzene rings is 2. The van der Waals surface area contributed by atoms with E-state index in [1.54, 1.807) is 11.5 Å². The molecule has 2 aliphatic rings. The Hall–Kier alpha value is -3.61. The van der Waals surface area contributed by atoms with Crippen LogP contribution in [0.25, 0.3) is 0 Å². The molecule has 2 heterocycles. The Kier molecular flexibility index (Phi) is 6.80. The van der Waals surface area contributed by atoms with E-state index in [1.165, 1.54) is 36.7 Å². The minimum absolute atomic E-state index is 0.00552. The summed E-state index contributed by atoms with van der Waals surface area (Å²) in [7, 11) is -4.27. The highest BCUT2D eigenvalue weighted by Crippen LogP contribution is 2.48. The van der Waals surface area contributed by atoms with Gasteiger partial charge >= 0.3 is 0 Å². The molecule has 0 saturated carbocycles. The van der Waals surface area contributed by atoms with Crippen LogP contribution in [0.5, 0.6) is 0 Å². The summed E-state index contributed by atoms with van der Waals surface area (Å²) >= 11 is 1.13. The lowest BCUT2D eigenvalue weighted by Gasteiger charge is -2.45. The van der Waals surface area contributed by atoms with Crippen LogP contribution in [0.4, 0.5) is 18.9 Å². The number of thiazole rings is 1. The van der Waals surface area contributed by atoms with E-state index < -0.39 is 37.8 Å². The number of allylic oxidation sites excluding steroid dienone is 2. The molecule has 2 N–H and O–H groups in total. The zero-order valence-corrected chi connectivity index (χ0v) is 21.4. The average Bonchev–Trinajstić information content (AvgIpc) is 3.45. The first-order chi connectivity index (χ1) is 18.1. The zero-order valence-electron chi connectivity index (χ0n) is 19.8. The number of nitrogens with zero attached hydrogens (tertiary/aromatic N) is 3. The number of hydrogen-bond acceptors (Lipinski definition) is 7. The summed E-state index contributed by atoms with van der Waals surface area (Å²) in [5.41, 5.74) is 6.72. The lowest BCUT2D eigenvalue weighted by atomic mass is 9.65. The monoisotopic (exact) mass is 558 g/mol. The van der Waals surface area contributed by atoms with Crippen molar-refractivity contribution in [2.45, 2.75) is 17.7 Å². The number of nitrogens with two attached hydrogens (primary N) is 1. The largest absolute Gasteiger partial charge is 0.404 e. The second kappa shape index (κ2) is 9.93. The van der Waals surface area contributed by atoms with Gasteiger partial charge in [-0.2, -0.15) is 4.31 Å². The number of hydrogen-bond donors (Lipinski definition) is 1. The molecule has 7 nitrogen and oxygen atoms in total. The maximum absolute atomic E-state index is 13.9. The smallest absolute Gasteiger partial charge is 0.243 e. The Labute approximate surface area is 220 Å². The fourth-order valence-corrected chi connectivity index (χ4v) is 6.94. The number of aliphatic imine (C=N–C) groups is 1. The molecule has 1 aliphatic carbocycles. The van der Waals surface area contributed by atoms with Crippen molar-refractivity contribution in [3.63, 3.8) is 0 Å². The van der Waals surface area contributed by atoms with Gasteiger partial charge in [0.25, 0.3) is 0 Å². The number of carbonyl (C=O) groups is 1. The molecule has 2 aromatic carbocycles. The highest BCUT2D eigenvalue weighted by molar-refractivity contribution is 7.89. The number of fused-ring (bicyclic) bond motifs is 1. The molecule has 0 unspecified atom stereocenters. The molecule has 0 radical (unpaired) electrons. The summed E-state index contributed by atoms with van der Waals surface area (Å²) in [6, 6.07) is 7.95. The minimum atomic E-state index is -4.27. The van der Waals surface area contributed by atoms with E-state index in [9.17, 15) is 26.4 Å². The van der Waals surface area contributed by atoms with Crippen molar-refractivity contribution < 1.29 is 26.4 Å². The molecule has 196 valence electrons. The third kappa shape index (κ3) is 4.59. The quantitative estimate of drug-likeness (QED) is 0.454. The molecule has 1 fully saturated rings. The SMILES string of the molecule is N/C=C1/C[C@]2(C(=O)c3nccs3)CN(S(=O)(=O)c3ccc(F)c(F)c3)CCC2=CC1=Nc1ccc(F)cc1. The molecular formula is C26H21F3N4O3S2. The lowest BCUT2D eigenvalue weighted by molar-refractivity contribution is 0.0776. The van der Waals surface area contributed by atoms with E-state index in [-0.39, 0.29) is 36.7 Å². The molecule has 1 saturated heterocycles. The highest BCUT2D eigenvalue weighted by atomic mass is 32.2. The zero-order chi connectivity index (χ0) is 27.1. The predicted octanol–water partition coefficient (Wildman–Crippen LogP) is 4.77. The summed E-state index contributed by atoms with van der Waals surface area (Å²) < 4.78 is 68.8. The number of aromatic nitrogens is 1. The normalized spacial score (nSPS) is 22.3. The molecule has 38 heavy (non-hydrogen) atoms. The molecule has 3 aromatic rings. The Morgan fingerprint density at radius 2 is 1.89 bits per heavy atom. The van der Waals surface area contributed by atoms with Gasteiger partial charge in [-0.15, -0.1) is 11.3 Å². The van der Waals surface area contributed by atoms with Crippen LogP contribution in [0.2, 0.25) is 0 Å². The summed E-state index contributed by atoms with van der Waals surface area (Å²) in [6.45, 7) is -0.245. The minimum Gasteiger partial charge on any atom is -0.404 e. The van der Waals surface area contributed by atoms with E-state index in [1.807, 2.05) is 0 Å². The number of sulfonamides is 1. The van der Waals surface area contributed by atoms with Crippen LogP contribution in [0, 0.1) is 22.9 Å². The van der Waals surface area contributed by atoms with E-state index >= 15 is 0 Å². The van der Waals surface area contributed by atoms with Crippen molar-refractivity contribution >= 4 is 38.5 Å². The van der Waals surface area contributed by atoms with Gasteiger partial charge in [-0.25, -0.2) is 31.6 Å². The van der Waals surface area contributed by atoms with E-state index in [4.69, 9.17) is 5.73 Å². The molecule has 1 aromatic heterocycles. The number of rotatable bonds is 5. The average molecular weight is 559 g/mol. The Balaban J connectivity index is 1.60. The highest BCUT2D eigenvalue weighted by Gasteiger charge is 2.51. The first-order valence-electron chi connectivity index (χ1n) is 11.5. The first-order valence-corrected chi connectivity index (χ1v) is 13.8. The molecule has 12 heteroatoms. The summed E-state index contributed by atoms with van der Waals surface area (Å²) in [6.07, 6.45) is 4.74. The van der Waals surface area contributed by atoms with Crippen LogP contribution < -0.4 is 5.73 Å². The third-order valence-corrected chi connectivity index (χ3v) is 9.30. The number of ketones is 1. The molecule has 1 aliphatic heterocycles. The van der Waals surface area contributed by atoms with Crippen LogP contribution in [0.3, 0.4) is 0 Å². The Bertz CT molecular complexity index is 1600. The maximum Gasteiger partial charge on any atom is 0.243 e. The van der Waals surface area contributed by atoms with Crippen LogP contribution in [-0.2, 0) is 10.0 Å². The summed E-state index contributed by atoms with van der Waals surface area (Å²) in [5, 5.41) is 1.86. The second-order valence-corrected chi connectivity index (χ2v) is 11.8. The summed E-state index contributed by atoms with van der Waals surface area (Å²) in [5.74, 6) is -3.23.